The van der Waals surface area contributed by atoms with Crippen molar-refractivity contribution in [2.24, 2.45) is 0 Å². The van der Waals surface area contributed by atoms with Crippen molar-refractivity contribution < 1.29 is 0 Å². The Hall–Kier alpha value is -0.670. The van der Waals surface area contributed by atoms with Gasteiger partial charge in [-0.05, 0) is 23.0 Å². The molecule has 1 nitrogen and oxygen atoms in total. The molecule has 0 bridgehead atoms. The van der Waals surface area contributed by atoms with Crippen LogP contribution in [0.2, 0.25) is 0 Å². The van der Waals surface area contributed by atoms with E-state index in [0.29, 0.717) is 0 Å². The molecular formula is C7H4NS2. The van der Waals surface area contributed by atoms with Gasteiger partial charge in [0.05, 0.1) is 4.88 Å². The van der Waals surface area contributed by atoms with Crippen LogP contribution in [-0.2, 0) is 0 Å². The van der Waals surface area contributed by atoms with Gasteiger partial charge in [-0.2, -0.15) is 4.37 Å². The topological polar surface area (TPSA) is 12.9 Å². The van der Waals surface area contributed by atoms with Crippen LogP contribution in [0.25, 0.3) is 10.6 Å². The standard InChI is InChI=1S/C7H4NS2/c1-2-7(9-4-1)6-3-5-10-8-6/h1-2,4-5H. The van der Waals surface area contributed by atoms with Crippen molar-refractivity contribution in [3.63, 3.8) is 0 Å². The molecule has 10 heavy (non-hydrogen) atoms. The highest BCUT2D eigenvalue weighted by Gasteiger charge is 1.98. The second-order valence-corrected chi connectivity index (χ2v) is 3.36. The molecule has 0 aliphatic carbocycles. The van der Waals surface area contributed by atoms with Gasteiger partial charge in [0.15, 0.2) is 0 Å². The van der Waals surface area contributed by atoms with Crippen LogP contribution in [0.3, 0.4) is 0 Å². The van der Waals surface area contributed by atoms with Gasteiger partial charge in [-0.25, -0.2) is 0 Å². The molecule has 0 amide bonds. The van der Waals surface area contributed by atoms with E-state index in [0.717, 1.165) is 5.69 Å². The fourth-order valence-electron chi connectivity index (χ4n) is 0.717. The predicted octanol–water partition coefficient (Wildman–Crippen LogP) is 2.67. The third-order valence-electron chi connectivity index (χ3n) is 1.15. The van der Waals surface area contributed by atoms with Crippen LogP contribution in [0, 0.1) is 6.07 Å². The molecule has 2 aromatic rings. The Balaban J connectivity index is 2.48. The number of aromatic nitrogens is 1. The smallest absolute Gasteiger partial charge is 0.102 e. The fraction of sp³-hybridized carbons (Fsp3) is 0. The van der Waals surface area contributed by atoms with E-state index in [1.807, 2.05) is 16.8 Å². The summed E-state index contributed by atoms with van der Waals surface area (Å²) in [6.07, 6.45) is 0. The van der Waals surface area contributed by atoms with E-state index in [4.69, 9.17) is 0 Å². The van der Waals surface area contributed by atoms with Crippen molar-refractivity contribution in [2.45, 2.75) is 0 Å². The lowest BCUT2D eigenvalue weighted by Gasteiger charge is -1.82. The molecule has 0 N–H and O–H groups in total. The molecular weight excluding hydrogens is 162 g/mol. The lowest BCUT2D eigenvalue weighted by molar-refractivity contribution is 1.57. The average Bonchev–Trinajstić information content (AvgIpc) is 2.59. The molecule has 0 fully saturated rings. The molecule has 3 heteroatoms. The fourth-order valence-corrected chi connectivity index (χ4v) is 1.93. The molecule has 0 saturated heterocycles. The largest absolute Gasteiger partial charge is 0.191 e. The van der Waals surface area contributed by atoms with Gasteiger partial charge in [0.2, 0.25) is 0 Å². The van der Waals surface area contributed by atoms with Gasteiger partial charge in [-0.3, -0.25) is 0 Å². The second kappa shape index (κ2) is 2.52. The van der Waals surface area contributed by atoms with Crippen LogP contribution in [0.15, 0.2) is 22.9 Å². The number of thiophene rings is 1. The molecule has 2 aromatic heterocycles. The van der Waals surface area contributed by atoms with Gasteiger partial charge in [-0.15, -0.1) is 11.3 Å². The van der Waals surface area contributed by atoms with Crippen molar-refractivity contribution in [1.29, 1.82) is 0 Å². The summed E-state index contributed by atoms with van der Waals surface area (Å²) in [6, 6.07) is 7.13. The zero-order valence-corrected chi connectivity index (χ0v) is 6.71. The summed E-state index contributed by atoms with van der Waals surface area (Å²) in [5.74, 6) is 0. The Kier molecular flexibility index (Phi) is 1.53. The van der Waals surface area contributed by atoms with Crippen molar-refractivity contribution >= 4 is 22.9 Å². The lowest BCUT2D eigenvalue weighted by Crippen LogP contribution is -1.65. The lowest BCUT2D eigenvalue weighted by atomic mass is 10.4. The van der Waals surface area contributed by atoms with Gasteiger partial charge < -0.3 is 0 Å². The highest BCUT2D eigenvalue weighted by molar-refractivity contribution is 7.13. The van der Waals surface area contributed by atoms with Gasteiger partial charge >= 0.3 is 0 Å². The maximum atomic E-state index is 4.16. The molecule has 0 aromatic carbocycles. The highest BCUT2D eigenvalue weighted by Crippen LogP contribution is 2.22. The molecule has 2 rings (SSSR count). The van der Waals surface area contributed by atoms with E-state index in [2.05, 4.69) is 16.5 Å². The van der Waals surface area contributed by atoms with Crippen LogP contribution in [-0.4, -0.2) is 4.37 Å². The first-order valence-corrected chi connectivity index (χ1v) is 4.54. The van der Waals surface area contributed by atoms with E-state index in [-0.39, 0.29) is 0 Å². The molecule has 0 aliphatic rings. The summed E-state index contributed by atoms with van der Waals surface area (Å²) >= 11 is 3.13. The van der Waals surface area contributed by atoms with Crippen molar-refractivity contribution in [2.75, 3.05) is 0 Å². The van der Waals surface area contributed by atoms with Crippen LogP contribution in [0.1, 0.15) is 0 Å². The summed E-state index contributed by atoms with van der Waals surface area (Å²) in [6.45, 7) is 0. The van der Waals surface area contributed by atoms with Crippen molar-refractivity contribution in [3.05, 3.63) is 29.0 Å². The van der Waals surface area contributed by atoms with Crippen molar-refractivity contribution in [1.82, 2.24) is 4.37 Å². The Morgan fingerprint density at radius 3 is 3.10 bits per heavy atom. The number of rotatable bonds is 1. The van der Waals surface area contributed by atoms with Crippen molar-refractivity contribution in [3.8, 4) is 10.6 Å². The third-order valence-corrected chi connectivity index (χ3v) is 2.53. The predicted molar refractivity (Wildman–Crippen MR) is 44.3 cm³/mol. The minimum absolute atomic E-state index is 0.972. The van der Waals surface area contributed by atoms with E-state index in [9.17, 15) is 0 Å². The quantitative estimate of drug-likeness (QED) is 0.634. The molecule has 0 atom stereocenters. The number of nitrogens with zero attached hydrogens (tertiary/aromatic N) is 1. The molecule has 0 aliphatic heterocycles. The summed E-state index contributed by atoms with van der Waals surface area (Å²) < 4.78 is 4.16. The summed E-state index contributed by atoms with van der Waals surface area (Å²) in [5, 5.41) is 3.91. The van der Waals surface area contributed by atoms with Crippen LogP contribution < -0.4 is 0 Å². The second-order valence-electron chi connectivity index (χ2n) is 1.78. The van der Waals surface area contributed by atoms with Gasteiger partial charge in [0, 0.05) is 11.4 Å². The van der Waals surface area contributed by atoms with Gasteiger partial charge in [0.25, 0.3) is 0 Å². The Morgan fingerprint density at radius 1 is 1.50 bits per heavy atom. The van der Waals surface area contributed by atoms with Crippen LogP contribution in [0.4, 0.5) is 0 Å². The minimum atomic E-state index is 0.972. The molecule has 1 radical (unpaired) electrons. The van der Waals surface area contributed by atoms with Crippen LogP contribution >= 0.6 is 22.9 Å². The molecule has 49 valence electrons. The first-order chi connectivity index (χ1) is 4.97. The molecule has 0 unspecified atom stereocenters. The minimum Gasteiger partial charge on any atom is -0.191 e. The first kappa shape index (κ1) is 6.07. The normalized spacial score (nSPS) is 10.0. The summed E-state index contributed by atoms with van der Waals surface area (Å²) in [7, 11) is 0. The van der Waals surface area contributed by atoms with E-state index in [1.165, 1.54) is 16.4 Å². The Morgan fingerprint density at radius 2 is 2.50 bits per heavy atom. The number of hydrogen-bond donors (Lipinski definition) is 0. The molecule has 0 saturated carbocycles. The van der Waals surface area contributed by atoms with Gasteiger partial charge in [-0.1, -0.05) is 6.07 Å². The molecule has 2 heterocycles. The van der Waals surface area contributed by atoms with E-state index in [1.54, 1.807) is 11.3 Å². The third kappa shape index (κ3) is 0.978. The first-order valence-electron chi connectivity index (χ1n) is 2.83. The Bertz CT molecular complexity index is 251. The summed E-state index contributed by atoms with van der Waals surface area (Å²) in [4.78, 5) is 1.20. The highest BCUT2D eigenvalue weighted by atomic mass is 32.1. The Labute approximate surface area is 67.1 Å². The molecule has 0 spiro atoms. The van der Waals surface area contributed by atoms with Gasteiger partial charge in [0.1, 0.15) is 5.69 Å². The van der Waals surface area contributed by atoms with E-state index >= 15 is 0 Å². The maximum Gasteiger partial charge on any atom is 0.102 e. The zero-order valence-electron chi connectivity index (χ0n) is 5.07. The van der Waals surface area contributed by atoms with E-state index < -0.39 is 0 Å². The number of hydrogen-bond acceptors (Lipinski definition) is 3. The SMILES string of the molecule is [c]1csnc1-c1cccs1. The van der Waals surface area contributed by atoms with Crippen LogP contribution in [0.5, 0.6) is 0 Å². The maximum absolute atomic E-state index is 4.16. The zero-order chi connectivity index (χ0) is 6.81. The average molecular weight is 166 g/mol. The monoisotopic (exact) mass is 166 g/mol. The summed E-state index contributed by atoms with van der Waals surface area (Å²) in [5.41, 5.74) is 0.972.